The van der Waals surface area contributed by atoms with E-state index < -0.39 is 0 Å². The standard InChI is InChI=1S/C12H27NO/c1-10(11(2)9-14-6)7-8-13-12(3,4)5/h10-11,13H,7-9H2,1-6H3. The summed E-state index contributed by atoms with van der Waals surface area (Å²) in [6, 6.07) is 0. The van der Waals surface area contributed by atoms with Gasteiger partial charge in [-0.2, -0.15) is 0 Å². The van der Waals surface area contributed by atoms with Gasteiger partial charge in [0.1, 0.15) is 0 Å². The number of ether oxygens (including phenoxy) is 1. The third-order valence-corrected chi connectivity index (χ3v) is 2.66. The minimum Gasteiger partial charge on any atom is -0.384 e. The Morgan fingerprint density at radius 2 is 1.71 bits per heavy atom. The van der Waals surface area contributed by atoms with Crippen LogP contribution in [0.25, 0.3) is 0 Å². The fourth-order valence-corrected chi connectivity index (χ4v) is 1.39. The minimum absolute atomic E-state index is 0.240. The molecule has 0 heterocycles. The molecule has 86 valence electrons. The lowest BCUT2D eigenvalue weighted by molar-refractivity contribution is 0.130. The summed E-state index contributed by atoms with van der Waals surface area (Å²) in [5.74, 6) is 1.38. The second kappa shape index (κ2) is 6.41. The van der Waals surface area contributed by atoms with E-state index in [1.54, 1.807) is 7.11 Å². The van der Waals surface area contributed by atoms with E-state index >= 15 is 0 Å². The lowest BCUT2D eigenvalue weighted by Gasteiger charge is -2.24. The topological polar surface area (TPSA) is 21.3 Å². The number of rotatable bonds is 6. The first-order valence-corrected chi connectivity index (χ1v) is 5.61. The molecule has 0 fully saturated rings. The summed E-state index contributed by atoms with van der Waals surface area (Å²) in [5, 5.41) is 3.51. The lowest BCUT2D eigenvalue weighted by Crippen LogP contribution is -2.37. The van der Waals surface area contributed by atoms with E-state index in [2.05, 4.69) is 39.9 Å². The molecule has 2 nitrogen and oxygen atoms in total. The smallest absolute Gasteiger partial charge is 0.0490 e. The van der Waals surface area contributed by atoms with Crippen molar-refractivity contribution in [3.05, 3.63) is 0 Å². The molecule has 0 saturated heterocycles. The molecule has 0 amide bonds. The van der Waals surface area contributed by atoms with E-state index in [4.69, 9.17) is 4.74 Å². The van der Waals surface area contributed by atoms with Gasteiger partial charge in [0.2, 0.25) is 0 Å². The molecule has 0 aliphatic rings. The summed E-state index contributed by atoms with van der Waals surface area (Å²) >= 11 is 0. The third-order valence-electron chi connectivity index (χ3n) is 2.66. The zero-order valence-corrected chi connectivity index (χ0v) is 10.7. The third kappa shape index (κ3) is 7.34. The van der Waals surface area contributed by atoms with Crippen molar-refractivity contribution in [3.63, 3.8) is 0 Å². The fourth-order valence-electron chi connectivity index (χ4n) is 1.39. The molecule has 0 aromatic carbocycles. The van der Waals surface area contributed by atoms with Crippen LogP contribution in [0, 0.1) is 11.8 Å². The van der Waals surface area contributed by atoms with Gasteiger partial charge in [-0.15, -0.1) is 0 Å². The Kier molecular flexibility index (Phi) is 6.38. The first-order chi connectivity index (χ1) is 6.37. The van der Waals surface area contributed by atoms with Crippen molar-refractivity contribution < 1.29 is 4.74 Å². The van der Waals surface area contributed by atoms with E-state index in [-0.39, 0.29) is 5.54 Å². The van der Waals surface area contributed by atoms with Crippen molar-refractivity contribution in [2.75, 3.05) is 20.3 Å². The van der Waals surface area contributed by atoms with Crippen molar-refractivity contribution in [2.24, 2.45) is 11.8 Å². The monoisotopic (exact) mass is 201 g/mol. The SMILES string of the molecule is COCC(C)C(C)CCNC(C)(C)C. The predicted molar refractivity (Wildman–Crippen MR) is 62.6 cm³/mol. The van der Waals surface area contributed by atoms with Gasteiger partial charge < -0.3 is 10.1 Å². The van der Waals surface area contributed by atoms with Crippen LogP contribution in [0.3, 0.4) is 0 Å². The Morgan fingerprint density at radius 1 is 1.14 bits per heavy atom. The lowest BCUT2D eigenvalue weighted by atomic mass is 9.93. The van der Waals surface area contributed by atoms with Crippen LogP contribution in [0.1, 0.15) is 41.0 Å². The van der Waals surface area contributed by atoms with Gasteiger partial charge in [-0.25, -0.2) is 0 Å². The molecule has 2 atom stereocenters. The zero-order valence-electron chi connectivity index (χ0n) is 10.7. The first-order valence-electron chi connectivity index (χ1n) is 5.61. The summed E-state index contributed by atoms with van der Waals surface area (Å²) in [4.78, 5) is 0. The van der Waals surface area contributed by atoms with Crippen molar-refractivity contribution >= 4 is 0 Å². The minimum atomic E-state index is 0.240. The van der Waals surface area contributed by atoms with E-state index in [9.17, 15) is 0 Å². The maximum Gasteiger partial charge on any atom is 0.0490 e. The van der Waals surface area contributed by atoms with Crippen LogP contribution >= 0.6 is 0 Å². The van der Waals surface area contributed by atoms with Gasteiger partial charge in [0, 0.05) is 19.3 Å². The molecule has 14 heavy (non-hydrogen) atoms. The number of hydrogen-bond acceptors (Lipinski definition) is 2. The number of methoxy groups -OCH3 is 1. The van der Waals surface area contributed by atoms with Crippen LogP contribution in [0.5, 0.6) is 0 Å². The molecule has 0 bridgehead atoms. The Hall–Kier alpha value is -0.0800. The molecule has 0 rings (SSSR count). The molecular weight excluding hydrogens is 174 g/mol. The van der Waals surface area contributed by atoms with Crippen LogP contribution < -0.4 is 5.32 Å². The highest BCUT2D eigenvalue weighted by molar-refractivity contribution is 4.71. The summed E-state index contributed by atoms with van der Waals surface area (Å²) in [5.41, 5.74) is 0.240. The van der Waals surface area contributed by atoms with E-state index in [0.29, 0.717) is 5.92 Å². The van der Waals surface area contributed by atoms with Gasteiger partial charge in [0.05, 0.1) is 0 Å². The van der Waals surface area contributed by atoms with Crippen molar-refractivity contribution in [2.45, 2.75) is 46.6 Å². The van der Waals surface area contributed by atoms with Gasteiger partial charge >= 0.3 is 0 Å². The summed E-state index contributed by atoms with van der Waals surface area (Å²) in [6.07, 6.45) is 1.22. The molecule has 2 unspecified atom stereocenters. The highest BCUT2D eigenvalue weighted by Crippen LogP contribution is 2.14. The van der Waals surface area contributed by atoms with Crippen LogP contribution in [0.4, 0.5) is 0 Å². The molecule has 1 N–H and O–H groups in total. The maximum atomic E-state index is 5.15. The van der Waals surface area contributed by atoms with Crippen molar-refractivity contribution in [1.29, 1.82) is 0 Å². The van der Waals surface area contributed by atoms with Crippen LogP contribution in [0.2, 0.25) is 0 Å². The Morgan fingerprint density at radius 3 is 2.14 bits per heavy atom. The highest BCUT2D eigenvalue weighted by Gasteiger charge is 2.13. The Bertz CT molecular complexity index is 140. The van der Waals surface area contributed by atoms with Crippen molar-refractivity contribution in [3.8, 4) is 0 Å². The molecule has 0 aliphatic heterocycles. The summed E-state index contributed by atoms with van der Waals surface area (Å²) in [6.45, 7) is 13.1. The maximum absolute atomic E-state index is 5.15. The van der Waals surface area contributed by atoms with Gasteiger partial charge in [-0.05, 0) is 45.6 Å². The normalized spacial score (nSPS) is 16.7. The molecular formula is C12H27NO. The molecule has 0 aromatic rings. The van der Waals surface area contributed by atoms with E-state index in [1.807, 2.05) is 0 Å². The second-order valence-electron chi connectivity index (χ2n) is 5.38. The van der Waals surface area contributed by atoms with Gasteiger partial charge in [0.15, 0.2) is 0 Å². The molecule has 0 spiro atoms. The van der Waals surface area contributed by atoms with Crippen LogP contribution in [-0.2, 0) is 4.74 Å². The average Bonchev–Trinajstić information content (AvgIpc) is 2.02. The zero-order chi connectivity index (χ0) is 11.2. The molecule has 0 aliphatic carbocycles. The van der Waals surface area contributed by atoms with Crippen molar-refractivity contribution in [1.82, 2.24) is 5.32 Å². The Balaban J connectivity index is 3.58. The number of nitrogens with one attached hydrogen (secondary N) is 1. The number of hydrogen-bond donors (Lipinski definition) is 1. The van der Waals surface area contributed by atoms with Crippen LogP contribution in [0.15, 0.2) is 0 Å². The average molecular weight is 201 g/mol. The fraction of sp³-hybridized carbons (Fsp3) is 1.00. The predicted octanol–water partition coefficient (Wildman–Crippen LogP) is 2.68. The second-order valence-corrected chi connectivity index (χ2v) is 5.38. The quantitative estimate of drug-likeness (QED) is 0.713. The van der Waals surface area contributed by atoms with Gasteiger partial charge in [-0.3, -0.25) is 0 Å². The van der Waals surface area contributed by atoms with E-state index in [0.717, 1.165) is 19.1 Å². The first kappa shape index (κ1) is 13.9. The largest absolute Gasteiger partial charge is 0.384 e. The Labute approximate surface area is 89.4 Å². The van der Waals surface area contributed by atoms with Gasteiger partial charge in [-0.1, -0.05) is 13.8 Å². The summed E-state index contributed by atoms with van der Waals surface area (Å²) in [7, 11) is 1.77. The summed E-state index contributed by atoms with van der Waals surface area (Å²) < 4.78 is 5.15. The van der Waals surface area contributed by atoms with Gasteiger partial charge in [0.25, 0.3) is 0 Å². The molecule has 0 aromatic heterocycles. The van der Waals surface area contributed by atoms with E-state index in [1.165, 1.54) is 6.42 Å². The highest BCUT2D eigenvalue weighted by atomic mass is 16.5. The van der Waals surface area contributed by atoms with Crippen LogP contribution in [-0.4, -0.2) is 25.8 Å². The molecule has 2 heteroatoms. The molecule has 0 radical (unpaired) electrons. The molecule has 0 saturated carbocycles.